The van der Waals surface area contributed by atoms with Gasteiger partial charge >= 0.3 is 12.4 Å². The molecule has 0 aliphatic rings. The lowest BCUT2D eigenvalue weighted by atomic mass is 10.1. The summed E-state index contributed by atoms with van der Waals surface area (Å²) in [5.41, 5.74) is -4.01. The number of carbonyl (C=O) groups excluding carboxylic acids is 1. The Balaban J connectivity index is 2.05. The van der Waals surface area contributed by atoms with Crippen molar-refractivity contribution >= 4 is 17.7 Å². The molecule has 0 aliphatic heterocycles. The van der Waals surface area contributed by atoms with Crippen molar-refractivity contribution in [3.8, 4) is 17.5 Å². The van der Waals surface area contributed by atoms with Gasteiger partial charge in [0.15, 0.2) is 5.82 Å². The molecular weight excluding hydrogens is 458 g/mol. The van der Waals surface area contributed by atoms with E-state index in [2.05, 4.69) is 30.4 Å². The fourth-order valence-corrected chi connectivity index (χ4v) is 2.47. The lowest BCUT2D eigenvalue weighted by molar-refractivity contribution is -0.150. The zero-order valence-electron chi connectivity index (χ0n) is 16.1. The first kappa shape index (κ1) is 23.3. The summed E-state index contributed by atoms with van der Waals surface area (Å²) in [6, 6.07) is 2.47. The first-order valence-electron chi connectivity index (χ1n) is 8.69. The van der Waals surface area contributed by atoms with Gasteiger partial charge in [0, 0.05) is 29.7 Å². The van der Waals surface area contributed by atoms with Crippen LogP contribution in [0.2, 0.25) is 0 Å². The zero-order chi connectivity index (χ0) is 24.2. The van der Waals surface area contributed by atoms with Crippen molar-refractivity contribution in [2.45, 2.75) is 12.4 Å². The fourth-order valence-electron chi connectivity index (χ4n) is 2.47. The third-order valence-electron chi connectivity index (χ3n) is 3.88. The van der Waals surface area contributed by atoms with E-state index in [1.807, 2.05) is 0 Å². The highest BCUT2D eigenvalue weighted by atomic mass is 19.4. The number of hydrogen-bond donors (Lipinski definition) is 1. The largest absolute Gasteiger partial charge is 0.433 e. The molecule has 0 fully saturated rings. The van der Waals surface area contributed by atoms with E-state index in [4.69, 9.17) is 5.26 Å². The monoisotopic (exact) mass is 468 g/mol. The summed E-state index contributed by atoms with van der Waals surface area (Å²) in [4.78, 5) is 26.3. The average Bonchev–Trinajstić information content (AvgIpc) is 3.23. The number of rotatable bonds is 5. The van der Waals surface area contributed by atoms with Crippen LogP contribution in [0, 0.1) is 11.3 Å². The van der Waals surface area contributed by atoms with Crippen LogP contribution >= 0.6 is 0 Å². The molecule has 0 saturated carbocycles. The van der Waals surface area contributed by atoms with Crippen molar-refractivity contribution < 1.29 is 31.1 Å². The van der Waals surface area contributed by atoms with Gasteiger partial charge in [-0.15, -0.1) is 5.10 Å². The number of nitriles is 1. The first-order valence-corrected chi connectivity index (χ1v) is 8.69. The summed E-state index contributed by atoms with van der Waals surface area (Å²) in [5, 5.41) is 14.8. The third kappa shape index (κ3) is 5.67. The van der Waals surface area contributed by atoms with Gasteiger partial charge in [0.25, 0.3) is 5.91 Å². The van der Waals surface area contributed by atoms with Crippen LogP contribution in [0.4, 0.5) is 26.3 Å². The molecule has 1 N–H and O–H groups in total. The molecule has 0 radical (unpaired) electrons. The molecule has 0 spiro atoms. The van der Waals surface area contributed by atoms with Gasteiger partial charge in [0.2, 0.25) is 0 Å². The molecule has 0 saturated heterocycles. The lowest BCUT2D eigenvalue weighted by Crippen LogP contribution is -2.25. The molecule has 33 heavy (non-hydrogen) atoms. The molecule has 3 aromatic heterocycles. The van der Waals surface area contributed by atoms with Crippen molar-refractivity contribution in [3.05, 3.63) is 54.1 Å². The minimum absolute atomic E-state index is 0.0935. The minimum Gasteiger partial charge on any atom is -0.339 e. The molecule has 3 rings (SSSR count). The van der Waals surface area contributed by atoms with Crippen molar-refractivity contribution in [1.82, 2.24) is 35.0 Å². The number of halogens is 6. The van der Waals surface area contributed by atoms with Gasteiger partial charge in [-0.05, 0) is 12.1 Å². The standard InChI is InChI=1S/C18H10F6N8O/c19-17(20,21)13-3-10(4-14(30-13)18(22,23)24)15-29-9-32(31-15)7-12(16(33)28-2-1-25)11-5-26-8-27-6-11/h3-9H,2H2,(H,28,33)/b12-7+. The van der Waals surface area contributed by atoms with Crippen molar-refractivity contribution in [2.75, 3.05) is 6.54 Å². The van der Waals surface area contributed by atoms with Crippen LogP contribution in [-0.2, 0) is 17.1 Å². The molecular formula is C18H10F6N8O. The average molecular weight is 468 g/mol. The second-order valence-electron chi connectivity index (χ2n) is 6.18. The van der Waals surface area contributed by atoms with E-state index in [0.29, 0.717) is 12.1 Å². The Morgan fingerprint density at radius 1 is 1.09 bits per heavy atom. The Bertz CT molecular complexity index is 1190. The molecule has 0 bridgehead atoms. The summed E-state index contributed by atoms with van der Waals surface area (Å²) in [6.45, 7) is -0.329. The fraction of sp³-hybridized carbons (Fsp3) is 0.167. The second kappa shape index (κ2) is 9.02. The number of aromatic nitrogens is 6. The van der Waals surface area contributed by atoms with E-state index in [-0.39, 0.29) is 17.7 Å². The number of alkyl halides is 6. The van der Waals surface area contributed by atoms with Gasteiger partial charge in [-0.2, -0.15) is 31.6 Å². The minimum atomic E-state index is -5.14. The molecule has 0 unspecified atom stereocenters. The highest BCUT2D eigenvalue weighted by molar-refractivity contribution is 6.22. The van der Waals surface area contributed by atoms with E-state index < -0.39 is 41.0 Å². The number of amides is 1. The Kier molecular flexibility index (Phi) is 6.38. The predicted molar refractivity (Wildman–Crippen MR) is 98.1 cm³/mol. The molecule has 0 atom stereocenters. The van der Waals surface area contributed by atoms with Gasteiger partial charge in [0.05, 0.1) is 11.6 Å². The Morgan fingerprint density at radius 3 is 2.24 bits per heavy atom. The van der Waals surface area contributed by atoms with Crippen LogP contribution in [-0.4, -0.2) is 42.2 Å². The summed E-state index contributed by atoms with van der Waals surface area (Å²) < 4.78 is 79.2. The van der Waals surface area contributed by atoms with E-state index in [1.54, 1.807) is 6.07 Å². The summed E-state index contributed by atoms with van der Waals surface area (Å²) in [5.74, 6) is -1.21. The van der Waals surface area contributed by atoms with E-state index in [9.17, 15) is 31.1 Å². The zero-order valence-corrected chi connectivity index (χ0v) is 16.1. The molecule has 3 aromatic rings. The molecule has 170 valence electrons. The van der Waals surface area contributed by atoms with Gasteiger partial charge in [-0.1, -0.05) is 0 Å². The smallest absolute Gasteiger partial charge is 0.339 e. The van der Waals surface area contributed by atoms with E-state index >= 15 is 0 Å². The third-order valence-corrected chi connectivity index (χ3v) is 3.88. The van der Waals surface area contributed by atoms with Crippen LogP contribution in [0.25, 0.3) is 23.2 Å². The van der Waals surface area contributed by atoms with Crippen molar-refractivity contribution in [1.29, 1.82) is 5.26 Å². The summed E-state index contributed by atoms with van der Waals surface area (Å²) >= 11 is 0. The maximum absolute atomic E-state index is 13.0. The Labute approximate surface area is 180 Å². The van der Waals surface area contributed by atoms with Gasteiger partial charge < -0.3 is 5.32 Å². The predicted octanol–water partition coefficient (Wildman–Crippen LogP) is 2.81. The lowest BCUT2D eigenvalue weighted by Gasteiger charge is -2.11. The number of pyridine rings is 1. The molecule has 15 heteroatoms. The Morgan fingerprint density at radius 2 is 1.70 bits per heavy atom. The number of nitrogens with zero attached hydrogens (tertiary/aromatic N) is 7. The van der Waals surface area contributed by atoms with Gasteiger partial charge in [-0.3, -0.25) is 4.79 Å². The highest BCUT2D eigenvalue weighted by Gasteiger charge is 2.39. The number of carbonyl (C=O) groups is 1. The first-order chi connectivity index (χ1) is 15.5. The van der Waals surface area contributed by atoms with Crippen LogP contribution in [0.5, 0.6) is 0 Å². The van der Waals surface area contributed by atoms with Gasteiger partial charge in [0.1, 0.15) is 30.6 Å². The van der Waals surface area contributed by atoms with Crippen molar-refractivity contribution in [2.24, 2.45) is 0 Å². The summed E-state index contributed by atoms with van der Waals surface area (Å²) in [6.07, 6.45) is -4.47. The van der Waals surface area contributed by atoms with Crippen molar-refractivity contribution in [3.63, 3.8) is 0 Å². The normalized spacial score (nSPS) is 12.3. The number of nitrogens with one attached hydrogen (secondary N) is 1. The molecule has 3 heterocycles. The van der Waals surface area contributed by atoms with Crippen LogP contribution < -0.4 is 5.32 Å². The van der Waals surface area contributed by atoms with E-state index in [1.165, 1.54) is 18.7 Å². The molecule has 0 aromatic carbocycles. The molecule has 9 nitrogen and oxygen atoms in total. The van der Waals surface area contributed by atoms with E-state index in [0.717, 1.165) is 17.2 Å². The summed E-state index contributed by atoms with van der Waals surface area (Å²) in [7, 11) is 0. The molecule has 1 amide bonds. The second-order valence-corrected chi connectivity index (χ2v) is 6.18. The SMILES string of the molecule is N#CCNC(=O)/C(=C/n1cnc(-c2cc(C(F)(F)F)nc(C(F)(F)F)c2)n1)c1cncnc1. The number of hydrogen-bond acceptors (Lipinski definition) is 7. The quantitative estimate of drug-likeness (QED) is 0.347. The topological polar surface area (TPSA) is 122 Å². The highest BCUT2D eigenvalue weighted by Crippen LogP contribution is 2.35. The van der Waals surface area contributed by atoms with Crippen LogP contribution in [0.15, 0.2) is 37.2 Å². The van der Waals surface area contributed by atoms with Crippen LogP contribution in [0.3, 0.4) is 0 Å². The maximum atomic E-state index is 13.0. The van der Waals surface area contributed by atoms with Gasteiger partial charge in [-0.25, -0.2) is 24.6 Å². The molecule has 0 aliphatic carbocycles. The van der Waals surface area contributed by atoms with Crippen LogP contribution in [0.1, 0.15) is 17.0 Å². The Hall–Kier alpha value is -4.35. The maximum Gasteiger partial charge on any atom is 0.433 e.